The highest BCUT2D eigenvalue weighted by Crippen LogP contribution is 2.19. The van der Waals surface area contributed by atoms with Gasteiger partial charge in [-0.05, 0) is 20.3 Å². The summed E-state index contributed by atoms with van der Waals surface area (Å²) in [5, 5.41) is 4.76. The van der Waals surface area contributed by atoms with Crippen molar-refractivity contribution < 1.29 is 0 Å². The highest BCUT2D eigenvalue weighted by Gasteiger charge is 2.13. The average Bonchev–Trinajstić information content (AvgIpc) is 2.57. The van der Waals surface area contributed by atoms with Crippen LogP contribution in [0.4, 0.5) is 0 Å². The second-order valence-corrected chi connectivity index (χ2v) is 3.80. The van der Waals surface area contributed by atoms with Gasteiger partial charge in [0.2, 0.25) is 0 Å². The van der Waals surface area contributed by atoms with Crippen molar-refractivity contribution in [1.29, 1.82) is 0 Å². The number of halogens is 1. The molecule has 2 rings (SSSR count). The molecule has 6 heteroatoms. The fourth-order valence-corrected chi connectivity index (χ4v) is 1.85. The maximum Gasteiger partial charge on any atom is 0.163 e. The highest BCUT2D eigenvalue weighted by atomic mass is 35.5. The first-order chi connectivity index (χ1) is 7.63. The first-order valence-corrected chi connectivity index (χ1v) is 5.41. The molecule has 2 aromatic heterocycles. The van der Waals surface area contributed by atoms with Crippen LogP contribution in [0, 0.1) is 13.8 Å². The molecule has 0 aromatic carbocycles. The highest BCUT2D eigenvalue weighted by molar-refractivity contribution is 6.30. The largest absolute Gasteiger partial charge is 0.224 e. The van der Waals surface area contributed by atoms with Gasteiger partial charge in [-0.15, -0.1) is 5.10 Å². The number of hydrogen-bond acceptors (Lipinski definition) is 4. The molecule has 2 aromatic rings. The first-order valence-electron chi connectivity index (χ1n) is 5.03. The fourth-order valence-electron chi connectivity index (χ4n) is 1.59. The maximum atomic E-state index is 6.03. The summed E-state index contributed by atoms with van der Waals surface area (Å²) in [7, 11) is 0. The Bertz CT molecular complexity index is 520. The molecule has 2 heterocycles. The van der Waals surface area contributed by atoms with Crippen LogP contribution in [-0.2, 0) is 6.42 Å². The van der Waals surface area contributed by atoms with Crippen molar-refractivity contribution in [3.05, 3.63) is 28.7 Å². The van der Waals surface area contributed by atoms with Gasteiger partial charge in [0, 0.05) is 5.56 Å². The molecule has 5 nitrogen and oxygen atoms in total. The van der Waals surface area contributed by atoms with E-state index in [9.17, 15) is 0 Å². The lowest BCUT2D eigenvalue weighted by Crippen LogP contribution is -2.07. The van der Waals surface area contributed by atoms with E-state index in [-0.39, 0.29) is 0 Å². The molecule has 0 radical (unpaired) electrons. The third-order valence-corrected chi connectivity index (χ3v) is 2.62. The molecular weight excluding hydrogens is 226 g/mol. The summed E-state index contributed by atoms with van der Waals surface area (Å²) in [6, 6.07) is 0. The van der Waals surface area contributed by atoms with Crippen LogP contribution in [0.25, 0.3) is 5.82 Å². The average molecular weight is 238 g/mol. The van der Waals surface area contributed by atoms with Gasteiger partial charge in [-0.3, -0.25) is 0 Å². The monoisotopic (exact) mass is 237 g/mol. The van der Waals surface area contributed by atoms with E-state index >= 15 is 0 Å². The standard InChI is InChI=1S/C10H12ClN5/c1-4-8-9(11)12-5-13-10(8)16-7(3)14-6(2)15-16/h5H,4H2,1-3H3. The summed E-state index contributed by atoms with van der Waals surface area (Å²) in [4.78, 5) is 12.4. The lowest BCUT2D eigenvalue weighted by molar-refractivity contribution is 0.782. The molecule has 0 amide bonds. The first kappa shape index (κ1) is 11.0. The maximum absolute atomic E-state index is 6.03. The minimum atomic E-state index is 0.472. The third kappa shape index (κ3) is 1.78. The molecule has 0 aliphatic carbocycles. The van der Waals surface area contributed by atoms with Gasteiger partial charge in [0.1, 0.15) is 23.1 Å². The van der Waals surface area contributed by atoms with Gasteiger partial charge in [0.05, 0.1) is 0 Å². The van der Waals surface area contributed by atoms with Crippen molar-refractivity contribution >= 4 is 11.6 Å². The van der Waals surface area contributed by atoms with E-state index < -0.39 is 0 Å². The number of nitrogens with zero attached hydrogens (tertiary/aromatic N) is 5. The Hall–Kier alpha value is -1.49. The van der Waals surface area contributed by atoms with Gasteiger partial charge in [0.15, 0.2) is 5.82 Å². The second kappa shape index (κ2) is 4.17. The summed E-state index contributed by atoms with van der Waals surface area (Å²) in [6.45, 7) is 5.74. The van der Waals surface area contributed by atoms with E-state index in [1.54, 1.807) is 4.68 Å². The topological polar surface area (TPSA) is 56.5 Å². The van der Waals surface area contributed by atoms with E-state index in [2.05, 4.69) is 20.1 Å². The molecule has 0 fully saturated rings. The zero-order valence-corrected chi connectivity index (χ0v) is 10.2. The lowest BCUT2D eigenvalue weighted by Gasteiger charge is -2.07. The van der Waals surface area contributed by atoms with E-state index in [1.165, 1.54) is 6.33 Å². The Kier molecular flexibility index (Phi) is 2.87. The second-order valence-electron chi connectivity index (χ2n) is 3.44. The minimum Gasteiger partial charge on any atom is -0.224 e. The summed E-state index contributed by atoms with van der Waals surface area (Å²) >= 11 is 6.03. The van der Waals surface area contributed by atoms with E-state index in [4.69, 9.17) is 11.6 Å². The Morgan fingerprint density at radius 1 is 1.31 bits per heavy atom. The van der Waals surface area contributed by atoms with Crippen LogP contribution >= 0.6 is 11.6 Å². The van der Waals surface area contributed by atoms with Gasteiger partial charge >= 0.3 is 0 Å². The number of rotatable bonds is 2. The van der Waals surface area contributed by atoms with E-state index in [0.29, 0.717) is 16.8 Å². The molecule has 0 saturated carbocycles. The quantitative estimate of drug-likeness (QED) is 0.749. The van der Waals surface area contributed by atoms with Gasteiger partial charge in [0.25, 0.3) is 0 Å². The number of aryl methyl sites for hydroxylation is 2. The summed E-state index contributed by atoms with van der Waals surface area (Å²) in [6.07, 6.45) is 2.20. The van der Waals surface area contributed by atoms with Crippen molar-refractivity contribution in [3.8, 4) is 5.82 Å². The molecule has 84 valence electrons. The van der Waals surface area contributed by atoms with Crippen LogP contribution in [0.15, 0.2) is 6.33 Å². The molecule has 0 aliphatic heterocycles. The van der Waals surface area contributed by atoms with Crippen LogP contribution in [0.1, 0.15) is 24.1 Å². The van der Waals surface area contributed by atoms with Crippen molar-refractivity contribution in [3.63, 3.8) is 0 Å². The fraction of sp³-hybridized carbons (Fsp3) is 0.400. The van der Waals surface area contributed by atoms with Crippen LogP contribution in [0.2, 0.25) is 5.15 Å². The Labute approximate surface area is 98.5 Å². The van der Waals surface area contributed by atoms with Crippen LogP contribution in [0.5, 0.6) is 0 Å². The van der Waals surface area contributed by atoms with Gasteiger partial charge < -0.3 is 0 Å². The summed E-state index contributed by atoms with van der Waals surface area (Å²) in [5.41, 5.74) is 0.886. The summed E-state index contributed by atoms with van der Waals surface area (Å²) < 4.78 is 1.70. The smallest absolute Gasteiger partial charge is 0.163 e. The molecule has 0 N–H and O–H groups in total. The number of hydrogen-bond donors (Lipinski definition) is 0. The van der Waals surface area contributed by atoms with Crippen molar-refractivity contribution in [2.45, 2.75) is 27.2 Å². The zero-order chi connectivity index (χ0) is 11.7. The minimum absolute atomic E-state index is 0.472. The van der Waals surface area contributed by atoms with E-state index in [1.807, 2.05) is 20.8 Å². The lowest BCUT2D eigenvalue weighted by atomic mass is 10.2. The van der Waals surface area contributed by atoms with Gasteiger partial charge in [-0.1, -0.05) is 18.5 Å². The van der Waals surface area contributed by atoms with Crippen molar-refractivity contribution in [2.24, 2.45) is 0 Å². The SMILES string of the molecule is CCc1c(Cl)ncnc1-n1nc(C)nc1C. The molecule has 0 spiro atoms. The van der Waals surface area contributed by atoms with Crippen molar-refractivity contribution in [1.82, 2.24) is 24.7 Å². The third-order valence-electron chi connectivity index (χ3n) is 2.30. The molecular formula is C10H12ClN5. The molecule has 0 bridgehead atoms. The Morgan fingerprint density at radius 2 is 2.06 bits per heavy atom. The normalized spacial score (nSPS) is 10.8. The van der Waals surface area contributed by atoms with Gasteiger partial charge in [-0.25, -0.2) is 15.0 Å². The predicted molar refractivity (Wildman–Crippen MR) is 60.8 cm³/mol. The zero-order valence-electron chi connectivity index (χ0n) is 9.40. The van der Waals surface area contributed by atoms with Gasteiger partial charge in [-0.2, -0.15) is 4.68 Å². The number of aromatic nitrogens is 5. The van der Waals surface area contributed by atoms with Crippen molar-refractivity contribution in [2.75, 3.05) is 0 Å². The van der Waals surface area contributed by atoms with E-state index in [0.717, 1.165) is 17.8 Å². The molecule has 0 aliphatic rings. The van der Waals surface area contributed by atoms with Crippen LogP contribution < -0.4 is 0 Å². The molecule has 16 heavy (non-hydrogen) atoms. The molecule has 0 unspecified atom stereocenters. The van der Waals surface area contributed by atoms with Crippen LogP contribution in [0.3, 0.4) is 0 Å². The predicted octanol–water partition coefficient (Wildman–Crippen LogP) is 1.89. The summed E-state index contributed by atoms with van der Waals surface area (Å²) in [5.74, 6) is 2.22. The molecule has 0 atom stereocenters. The molecule has 0 saturated heterocycles. The Morgan fingerprint density at radius 3 is 2.62 bits per heavy atom. The van der Waals surface area contributed by atoms with Crippen LogP contribution in [-0.4, -0.2) is 24.7 Å². The Balaban J connectivity index is 2.64.